The van der Waals surface area contributed by atoms with Gasteiger partial charge in [-0.15, -0.1) is 0 Å². The van der Waals surface area contributed by atoms with Crippen molar-refractivity contribution in [1.29, 1.82) is 0 Å². The van der Waals surface area contributed by atoms with E-state index in [1.165, 1.54) is 0 Å². The van der Waals surface area contributed by atoms with E-state index in [1.807, 2.05) is 30.0 Å². The van der Waals surface area contributed by atoms with E-state index in [-0.39, 0.29) is 6.10 Å². The van der Waals surface area contributed by atoms with Crippen LogP contribution >= 0.6 is 27.7 Å². The zero-order valence-electron chi connectivity index (χ0n) is 9.86. The van der Waals surface area contributed by atoms with E-state index in [0.717, 1.165) is 34.4 Å². The molecule has 1 aromatic rings. The summed E-state index contributed by atoms with van der Waals surface area (Å²) in [7, 11) is 0. The van der Waals surface area contributed by atoms with Gasteiger partial charge in [0.05, 0.1) is 6.10 Å². The van der Waals surface area contributed by atoms with Gasteiger partial charge in [-0.05, 0) is 43.0 Å². The van der Waals surface area contributed by atoms with E-state index in [2.05, 4.69) is 22.2 Å². The molecule has 0 aromatic heterocycles. The molecule has 0 spiro atoms. The van der Waals surface area contributed by atoms with E-state index in [4.69, 9.17) is 4.74 Å². The first-order valence-electron chi connectivity index (χ1n) is 5.84. The van der Waals surface area contributed by atoms with Crippen LogP contribution in [0, 0.1) is 0 Å². The van der Waals surface area contributed by atoms with Gasteiger partial charge < -0.3 is 9.84 Å². The van der Waals surface area contributed by atoms with Gasteiger partial charge >= 0.3 is 0 Å². The zero-order chi connectivity index (χ0) is 12.3. The quantitative estimate of drug-likeness (QED) is 0.857. The van der Waals surface area contributed by atoms with Gasteiger partial charge in [0.25, 0.3) is 0 Å². The molecule has 2 atom stereocenters. The van der Waals surface area contributed by atoms with Crippen LogP contribution in [0.3, 0.4) is 0 Å². The SMILES string of the molecule is CSCCCC1C[C@H](O)c2cc(Br)ccc2O1. The van der Waals surface area contributed by atoms with Crippen LogP contribution in [0.5, 0.6) is 5.75 Å². The number of ether oxygens (including phenoxy) is 1. The van der Waals surface area contributed by atoms with Crippen LogP contribution in [0.4, 0.5) is 0 Å². The van der Waals surface area contributed by atoms with Crippen molar-refractivity contribution in [2.24, 2.45) is 0 Å². The molecule has 0 saturated carbocycles. The Hall–Kier alpha value is -0.190. The molecule has 0 radical (unpaired) electrons. The molecule has 1 aliphatic heterocycles. The molecule has 0 fully saturated rings. The van der Waals surface area contributed by atoms with E-state index >= 15 is 0 Å². The van der Waals surface area contributed by atoms with Crippen molar-refractivity contribution < 1.29 is 9.84 Å². The number of benzene rings is 1. The van der Waals surface area contributed by atoms with Gasteiger partial charge in [-0.2, -0.15) is 11.8 Å². The van der Waals surface area contributed by atoms with Crippen molar-refractivity contribution in [1.82, 2.24) is 0 Å². The maximum absolute atomic E-state index is 10.1. The summed E-state index contributed by atoms with van der Waals surface area (Å²) in [6.07, 6.45) is 4.75. The molecule has 4 heteroatoms. The van der Waals surface area contributed by atoms with Gasteiger partial charge in [-0.3, -0.25) is 0 Å². The Balaban J connectivity index is 2.03. The lowest BCUT2D eigenvalue weighted by Crippen LogP contribution is -2.25. The highest BCUT2D eigenvalue weighted by Gasteiger charge is 2.26. The minimum absolute atomic E-state index is 0.158. The van der Waals surface area contributed by atoms with Gasteiger partial charge in [-0.1, -0.05) is 15.9 Å². The molecule has 2 rings (SSSR count). The van der Waals surface area contributed by atoms with Gasteiger partial charge in [0.15, 0.2) is 0 Å². The minimum Gasteiger partial charge on any atom is -0.490 e. The van der Waals surface area contributed by atoms with Crippen molar-refractivity contribution in [3.8, 4) is 5.75 Å². The van der Waals surface area contributed by atoms with Crippen LogP contribution in [0.1, 0.15) is 30.9 Å². The van der Waals surface area contributed by atoms with E-state index in [1.54, 1.807) is 0 Å². The molecule has 94 valence electrons. The Labute approximate surface area is 115 Å². The van der Waals surface area contributed by atoms with Gasteiger partial charge in [0.2, 0.25) is 0 Å². The van der Waals surface area contributed by atoms with Crippen molar-refractivity contribution >= 4 is 27.7 Å². The third-order valence-electron chi connectivity index (χ3n) is 2.99. The lowest BCUT2D eigenvalue weighted by molar-refractivity contribution is 0.0616. The molecule has 0 amide bonds. The lowest BCUT2D eigenvalue weighted by Gasteiger charge is -2.29. The number of aliphatic hydroxyl groups excluding tert-OH is 1. The van der Waals surface area contributed by atoms with Crippen LogP contribution in [0.25, 0.3) is 0 Å². The van der Waals surface area contributed by atoms with E-state index in [0.29, 0.717) is 6.42 Å². The predicted molar refractivity (Wildman–Crippen MR) is 75.8 cm³/mol. The predicted octanol–water partition coefficient (Wildman–Crippen LogP) is 3.78. The smallest absolute Gasteiger partial charge is 0.125 e. The molecule has 1 unspecified atom stereocenters. The second kappa shape index (κ2) is 6.12. The van der Waals surface area contributed by atoms with Gasteiger partial charge in [0.1, 0.15) is 11.9 Å². The summed E-state index contributed by atoms with van der Waals surface area (Å²) in [6, 6.07) is 5.83. The monoisotopic (exact) mass is 316 g/mol. The average molecular weight is 317 g/mol. The Morgan fingerprint density at radius 1 is 1.53 bits per heavy atom. The maximum Gasteiger partial charge on any atom is 0.125 e. The number of halogens is 1. The first-order valence-corrected chi connectivity index (χ1v) is 8.02. The van der Waals surface area contributed by atoms with Crippen molar-refractivity contribution in [3.63, 3.8) is 0 Å². The van der Waals surface area contributed by atoms with Crippen molar-refractivity contribution in [3.05, 3.63) is 28.2 Å². The summed E-state index contributed by atoms with van der Waals surface area (Å²) >= 11 is 5.27. The fraction of sp³-hybridized carbons (Fsp3) is 0.538. The molecule has 0 bridgehead atoms. The standard InChI is InChI=1S/C13H17BrO2S/c1-17-6-2-3-10-8-12(15)11-7-9(14)4-5-13(11)16-10/h4-5,7,10,12,15H,2-3,6,8H2,1H3/t10?,12-/m0/s1. The number of hydrogen-bond acceptors (Lipinski definition) is 3. The minimum atomic E-state index is -0.393. The highest BCUT2D eigenvalue weighted by atomic mass is 79.9. The van der Waals surface area contributed by atoms with Gasteiger partial charge in [-0.25, -0.2) is 0 Å². The number of rotatable bonds is 4. The van der Waals surface area contributed by atoms with Crippen LogP contribution in [-0.4, -0.2) is 23.2 Å². The zero-order valence-corrected chi connectivity index (χ0v) is 12.3. The molecular weight excluding hydrogens is 300 g/mol. The highest BCUT2D eigenvalue weighted by Crippen LogP contribution is 2.37. The molecule has 1 N–H and O–H groups in total. The van der Waals surface area contributed by atoms with Crippen LogP contribution in [-0.2, 0) is 0 Å². The summed E-state index contributed by atoms with van der Waals surface area (Å²) in [4.78, 5) is 0. The van der Waals surface area contributed by atoms with Crippen LogP contribution in [0.15, 0.2) is 22.7 Å². The van der Waals surface area contributed by atoms with Crippen LogP contribution in [0.2, 0.25) is 0 Å². The van der Waals surface area contributed by atoms with Crippen LogP contribution < -0.4 is 4.74 Å². The average Bonchev–Trinajstić information content (AvgIpc) is 2.31. The Morgan fingerprint density at radius 3 is 3.12 bits per heavy atom. The first kappa shape index (κ1) is 13.2. The van der Waals surface area contributed by atoms with Gasteiger partial charge in [0, 0.05) is 16.5 Å². The Bertz CT molecular complexity index is 384. The molecule has 0 saturated heterocycles. The number of hydrogen-bond donors (Lipinski definition) is 1. The summed E-state index contributed by atoms with van der Waals surface area (Å²) in [5, 5.41) is 10.1. The molecule has 2 nitrogen and oxygen atoms in total. The summed E-state index contributed by atoms with van der Waals surface area (Å²) in [6.45, 7) is 0. The molecule has 1 aliphatic rings. The number of fused-ring (bicyclic) bond motifs is 1. The second-order valence-electron chi connectivity index (χ2n) is 4.31. The highest BCUT2D eigenvalue weighted by molar-refractivity contribution is 9.10. The topological polar surface area (TPSA) is 29.5 Å². The molecule has 1 heterocycles. The summed E-state index contributed by atoms with van der Waals surface area (Å²) < 4.78 is 6.90. The maximum atomic E-state index is 10.1. The molecule has 1 aromatic carbocycles. The molecule has 0 aliphatic carbocycles. The lowest BCUT2D eigenvalue weighted by atomic mass is 9.97. The second-order valence-corrected chi connectivity index (χ2v) is 6.21. The largest absolute Gasteiger partial charge is 0.490 e. The van der Waals surface area contributed by atoms with E-state index < -0.39 is 6.10 Å². The molecule has 17 heavy (non-hydrogen) atoms. The summed E-state index contributed by atoms with van der Waals surface area (Å²) in [5.41, 5.74) is 0.903. The number of aliphatic hydroxyl groups is 1. The Kier molecular flexibility index (Phi) is 4.77. The van der Waals surface area contributed by atoms with E-state index in [9.17, 15) is 5.11 Å². The normalized spacial score (nSPS) is 23.0. The first-order chi connectivity index (χ1) is 8.20. The van der Waals surface area contributed by atoms with Crippen molar-refractivity contribution in [2.45, 2.75) is 31.5 Å². The third kappa shape index (κ3) is 3.39. The fourth-order valence-electron chi connectivity index (χ4n) is 2.12. The molecular formula is C13H17BrO2S. The number of thioether (sulfide) groups is 1. The van der Waals surface area contributed by atoms with Crippen molar-refractivity contribution in [2.75, 3.05) is 12.0 Å². The third-order valence-corrected chi connectivity index (χ3v) is 4.18. The summed E-state index contributed by atoms with van der Waals surface area (Å²) in [5.74, 6) is 1.99. The fourth-order valence-corrected chi connectivity index (χ4v) is 2.96. The Morgan fingerprint density at radius 2 is 2.35 bits per heavy atom.